The van der Waals surface area contributed by atoms with E-state index in [1.165, 1.54) is 18.3 Å². The van der Waals surface area contributed by atoms with Crippen molar-refractivity contribution in [2.24, 2.45) is 5.41 Å². The van der Waals surface area contributed by atoms with Gasteiger partial charge in [0.15, 0.2) is 16.7 Å². The second-order valence-corrected chi connectivity index (χ2v) is 10.7. The predicted molar refractivity (Wildman–Crippen MR) is 121 cm³/mol. The lowest BCUT2D eigenvalue weighted by Gasteiger charge is -2.45. The highest BCUT2D eigenvalue weighted by atomic mass is 32.1. The van der Waals surface area contributed by atoms with Crippen LogP contribution < -0.4 is 15.0 Å². The number of amides is 1. The topological polar surface area (TPSA) is 63.7 Å². The lowest BCUT2D eigenvalue weighted by Crippen LogP contribution is -2.53. The molecule has 2 aromatic rings. The molecule has 1 saturated heterocycles. The molecule has 0 bridgehead atoms. The fraction of sp³-hybridized carbons (Fsp3) is 0.652. The zero-order valence-corrected chi connectivity index (χ0v) is 19.6. The van der Waals surface area contributed by atoms with Gasteiger partial charge < -0.3 is 19.7 Å². The number of thiazole rings is 1. The third kappa shape index (κ3) is 5.29. The first-order valence-electron chi connectivity index (χ1n) is 11.1. The maximum absolute atomic E-state index is 15.1. The van der Waals surface area contributed by atoms with Gasteiger partial charge in [-0.25, -0.2) is 9.37 Å². The molecule has 2 aliphatic rings. The molecule has 1 aliphatic carbocycles. The Morgan fingerprint density at radius 1 is 1.29 bits per heavy atom. The Balaban J connectivity index is 1.31. The van der Waals surface area contributed by atoms with E-state index in [1.807, 2.05) is 13.0 Å². The molecule has 2 fully saturated rings. The Bertz CT molecular complexity index is 932. The van der Waals surface area contributed by atoms with Crippen LogP contribution in [0.2, 0.25) is 0 Å². The molecule has 0 unspecified atom stereocenters. The van der Waals surface area contributed by atoms with Crippen LogP contribution in [0, 0.1) is 11.2 Å². The van der Waals surface area contributed by atoms with Gasteiger partial charge in [0, 0.05) is 26.1 Å². The number of fused-ring (bicyclic) bond motifs is 1. The Morgan fingerprint density at radius 2 is 1.97 bits per heavy atom. The molecule has 1 saturated carbocycles. The number of anilines is 1. The number of benzene rings is 1. The monoisotopic (exact) mass is 449 g/mol. The van der Waals surface area contributed by atoms with Gasteiger partial charge >= 0.3 is 0 Å². The lowest BCUT2D eigenvalue weighted by atomic mass is 9.85. The minimum absolute atomic E-state index is 0.000993. The number of carbonyl (C=O) groups excluding carboxylic acids is 1. The van der Waals surface area contributed by atoms with Crippen molar-refractivity contribution >= 4 is 32.6 Å². The van der Waals surface area contributed by atoms with E-state index in [4.69, 9.17) is 9.47 Å². The van der Waals surface area contributed by atoms with E-state index in [9.17, 15) is 4.79 Å². The number of ether oxygens (including phenoxy) is 2. The van der Waals surface area contributed by atoms with Crippen molar-refractivity contribution in [3.05, 3.63) is 17.9 Å². The molecule has 0 spiro atoms. The highest BCUT2D eigenvalue weighted by Gasteiger charge is 2.36. The summed E-state index contributed by atoms with van der Waals surface area (Å²) in [5.74, 6) is -0.0344. The number of nitrogens with one attached hydrogen (secondary N) is 1. The number of nitrogens with zero attached hydrogens (tertiary/aromatic N) is 2. The zero-order valence-electron chi connectivity index (χ0n) is 18.7. The minimum atomic E-state index is -0.302. The van der Waals surface area contributed by atoms with Gasteiger partial charge in [0.2, 0.25) is 5.91 Å². The quantitative estimate of drug-likeness (QED) is 0.674. The Labute approximate surface area is 187 Å². The van der Waals surface area contributed by atoms with E-state index < -0.39 is 0 Å². The van der Waals surface area contributed by atoms with Crippen molar-refractivity contribution in [1.29, 1.82) is 0 Å². The van der Waals surface area contributed by atoms with Crippen LogP contribution in [0.4, 0.5) is 9.52 Å². The Kier molecular flexibility index (Phi) is 6.40. The molecule has 6 nitrogen and oxygen atoms in total. The van der Waals surface area contributed by atoms with Gasteiger partial charge in [0.05, 0.1) is 29.0 Å². The van der Waals surface area contributed by atoms with Crippen molar-refractivity contribution in [1.82, 2.24) is 10.3 Å². The molecule has 170 valence electrons. The van der Waals surface area contributed by atoms with Gasteiger partial charge in [-0.3, -0.25) is 4.79 Å². The number of halogens is 1. The van der Waals surface area contributed by atoms with Crippen LogP contribution >= 0.6 is 11.3 Å². The molecule has 1 aliphatic heterocycles. The highest BCUT2D eigenvalue weighted by Crippen LogP contribution is 2.40. The first-order valence-corrected chi connectivity index (χ1v) is 11.9. The summed E-state index contributed by atoms with van der Waals surface area (Å²) < 4.78 is 27.7. The molecule has 1 N–H and O–H groups in total. The first-order chi connectivity index (χ1) is 14.7. The molecule has 0 radical (unpaired) electrons. The minimum Gasteiger partial charge on any atom is -0.487 e. The van der Waals surface area contributed by atoms with E-state index >= 15 is 4.39 Å². The van der Waals surface area contributed by atoms with Crippen molar-refractivity contribution in [2.75, 3.05) is 24.6 Å². The Hall–Kier alpha value is -1.93. The van der Waals surface area contributed by atoms with E-state index in [-0.39, 0.29) is 30.0 Å². The number of rotatable bonds is 7. The second kappa shape index (κ2) is 8.90. The Morgan fingerprint density at radius 3 is 2.61 bits per heavy atom. The zero-order chi connectivity index (χ0) is 22.2. The van der Waals surface area contributed by atoms with Crippen LogP contribution in [-0.4, -0.2) is 48.8 Å². The number of hydrogen-bond donors (Lipinski definition) is 1. The van der Waals surface area contributed by atoms with Gasteiger partial charge in [0.25, 0.3) is 0 Å². The molecular weight excluding hydrogens is 417 g/mol. The third-order valence-corrected chi connectivity index (χ3v) is 7.03. The second-order valence-electron chi connectivity index (χ2n) is 9.69. The lowest BCUT2D eigenvalue weighted by molar-refractivity contribution is -0.120. The SMILES string of the molecule is CC(=O)N[C@@H](C)CO[C@H]1CC[C@H](Oc2ccc3nc(N4CC(C)(C)C4)sc3c2F)CC1. The van der Waals surface area contributed by atoms with E-state index in [0.717, 1.165) is 43.9 Å². The van der Waals surface area contributed by atoms with E-state index in [1.54, 1.807) is 6.07 Å². The molecule has 31 heavy (non-hydrogen) atoms. The largest absolute Gasteiger partial charge is 0.487 e. The maximum atomic E-state index is 15.1. The molecule has 2 heterocycles. The van der Waals surface area contributed by atoms with Gasteiger partial charge in [-0.05, 0) is 50.2 Å². The van der Waals surface area contributed by atoms with Gasteiger partial charge in [-0.15, -0.1) is 0 Å². The number of carbonyl (C=O) groups is 1. The fourth-order valence-corrected chi connectivity index (χ4v) is 5.44. The van der Waals surface area contributed by atoms with Gasteiger partial charge in [0.1, 0.15) is 0 Å². The van der Waals surface area contributed by atoms with Gasteiger partial charge in [-0.1, -0.05) is 25.2 Å². The van der Waals surface area contributed by atoms with Crippen molar-refractivity contribution in [3.63, 3.8) is 0 Å². The van der Waals surface area contributed by atoms with E-state index in [2.05, 4.69) is 29.0 Å². The first kappa shape index (κ1) is 22.3. The van der Waals surface area contributed by atoms with Crippen LogP contribution in [0.1, 0.15) is 53.4 Å². The maximum Gasteiger partial charge on any atom is 0.217 e. The smallest absolute Gasteiger partial charge is 0.217 e. The van der Waals surface area contributed by atoms with Crippen molar-refractivity contribution in [2.45, 2.75) is 71.6 Å². The fourth-order valence-electron chi connectivity index (χ4n) is 4.44. The van der Waals surface area contributed by atoms with Crippen LogP contribution in [0.25, 0.3) is 10.2 Å². The van der Waals surface area contributed by atoms with Crippen LogP contribution in [-0.2, 0) is 9.53 Å². The summed E-state index contributed by atoms with van der Waals surface area (Å²) in [5.41, 5.74) is 0.995. The highest BCUT2D eigenvalue weighted by molar-refractivity contribution is 7.22. The molecule has 1 aromatic heterocycles. The summed E-state index contributed by atoms with van der Waals surface area (Å²) in [4.78, 5) is 17.9. The van der Waals surface area contributed by atoms with Crippen molar-refractivity contribution in [3.8, 4) is 5.75 Å². The average Bonchev–Trinajstić information content (AvgIpc) is 3.12. The van der Waals surface area contributed by atoms with Crippen LogP contribution in [0.5, 0.6) is 5.75 Å². The average molecular weight is 450 g/mol. The van der Waals surface area contributed by atoms with Crippen molar-refractivity contribution < 1.29 is 18.7 Å². The summed E-state index contributed by atoms with van der Waals surface area (Å²) in [6.07, 6.45) is 3.55. The summed E-state index contributed by atoms with van der Waals surface area (Å²) in [7, 11) is 0. The standard InChI is InChI=1S/C23H32FN3O3S/c1-14(25-15(2)28)11-29-16-5-7-17(8-6-16)30-19-10-9-18-21(20(19)24)31-22(26-18)27-12-23(3,4)13-27/h9-10,14,16-17H,5-8,11-13H2,1-4H3,(H,25,28)/t14-,16-,17-/m0/s1. The van der Waals surface area contributed by atoms with Gasteiger partial charge in [-0.2, -0.15) is 0 Å². The predicted octanol–water partition coefficient (Wildman–Crippen LogP) is 4.51. The third-order valence-electron chi connectivity index (χ3n) is 5.91. The van der Waals surface area contributed by atoms with Crippen LogP contribution in [0.3, 0.4) is 0 Å². The normalized spacial score (nSPS) is 24.0. The number of aromatic nitrogens is 1. The van der Waals surface area contributed by atoms with E-state index in [0.29, 0.717) is 28.0 Å². The molecule has 8 heteroatoms. The molecule has 4 rings (SSSR count). The molecular formula is C23H32FN3O3S. The number of hydrogen-bond acceptors (Lipinski definition) is 6. The summed E-state index contributed by atoms with van der Waals surface area (Å²) in [5, 5.41) is 3.71. The summed E-state index contributed by atoms with van der Waals surface area (Å²) in [6.45, 7) is 10.3. The molecule has 1 amide bonds. The molecule has 1 aromatic carbocycles. The van der Waals surface area contributed by atoms with Crippen LogP contribution in [0.15, 0.2) is 12.1 Å². The summed E-state index contributed by atoms with van der Waals surface area (Å²) in [6, 6.07) is 3.56. The molecule has 1 atom stereocenters. The summed E-state index contributed by atoms with van der Waals surface area (Å²) >= 11 is 1.41.